The van der Waals surface area contributed by atoms with Gasteiger partial charge in [0.25, 0.3) is 0 Å². The lowest BCUT2D eigenvalue weighted by Crippen LogP contribution is -1.98. The van der Waals surface area contributed by atoms with Crippen molar-refractivity contribution in [2.45, 2.75) is 6.42 Å². The fourth-order valence-corrected chi connectivity index (χ4v) is 1.40. The molecule has 5 nitrogen and oxygen atoms in total. The molecule has 82 valence electrons. The van der Waals surface area contributed by atoms with Gasteiger partial charge in [-0.1, -0.05) is 6.07 Å². The van der Waals surface area contributed by atoms with Crippen molar-refractivity contribution < 1.29 is 15.0 Å². The van der Waals surface area contributed by atoms with Crippen molar-refractivity contribution in [2.24, 2.45) is 0 Å². The SMILES string of the molecule is O=C(O)Cc1cnn(-c2cccc(O)c2)c1. The molecule has 0 amide bonds. The van der Waals surface area contributed by atoms with Gasteiger partial charge in [-0.3, -0.25) is 4.79 Å². The van der Waals surface area contributed by atoms with Gasteiger partial charge < -0.3 is 10.2 Å². The first kappa shape index (κ1) is 10.2. The number of phenols is 1. The van der Waals surface area contributed by atoms with Crippen LogP contribution in [-0.4, -0.2) is 26.0 Å². The monoisotopic (exact) mass is 218 g/mol. The number of nitrogens with zero attached hydrogens (tertiary/aromatic N) is 2. The van der Waals surface area contributed by atoms with Crippen LogP contribution in [0.25, 0.3) is 5.69 Å². The van der Waals surface area contributed by atoms with Crippen LogP contribution in [0.2, 0.25) is 0 Å². The second-order valence-corrected chi connectivity index (χ2v) is 3.38. The second-order valence-electron chi connectivity index (χ2n) is 3.38. The largest absolute Gasteiger partial charge is 0.508 e. The predicted molar refractivity (Wildman–Crippen MR) is 56.6 cm³/mol. The lowest BCUT2D eigenvalue weighted by Gasteiger charge is -2.00. The van der Waals surface area contributed by atoms with E-state index in [1.165, 1.54) is 10.9 Å². The normalized spacial score (nSPS) is 10.2. The highest BCUT2D eigenvalue weighted by Gasteiger charge is 2.05. The van der Waals surface area contributed by atoms with Gasteiger partial charge in [0.1, 0.15) is 5.75 Å². The molecule has 0 unspecified atom stereocenters. The number of carbonyl (C=O) groups is 1. The summed E-state index contributed by atoms with van der Waals surface area (Å²) in [6.45, 7) is 0. The molecule has 2 N–H and O–H groups in total. The molecule has 0 radical (unpaired) electrons. The summed E-state index contributed by atoms with van der Waals surface area (Å²) in [7, 11) is 0. The highest BCUT2D eigenvalue weighted by molar-refractivity contribution is 5.69. The summed E-state index contributed by atoms with van der Waals surface area (Å²) in [6, 6.07) is 6.59. The fraction of sp³-hybridized carbons (Fsp3) is 0.0909. The maximum absolute atomic E-state index is 10.5. The van der Waals surface area contributed by atoms with E-state index in [0.717, 1.165) is 0 Å². The van der Waals surface area contributed by atoms with Crippen LogP contribution in [-0.2, 0) is 11.2 Å². The number of rotatable bonds is 3. The molecule has 0 aliphatic carbocycles. The van der Waals surface area contributed by atoms with Crippen LogP contribution < -0.4 is 0 Å². The van der Waals surface area contributed by atoms with Crippen LogP contribution in [0.1, 0.15) is 5.56 Å². The van der Waals surface area contributed by atoms with Crippen LogP contribution in [0.3, 0.4) is 0 Å². The van der Waals surface area contributed by atoms with Crippen molar-refractivity contribution in [3.8, 4) is 11.4 Å². The predicted octanol–water partition coefficient (Wildman–Crippen LogP) is 1.20. The number of phenolic OH excluding ortho intramolecular Hbond substituents is 1. The third-order valence-electron chi connectivity index (χ3n) is 2.09. The average molecular weight is 218 g/mol. The van der Waals surface area contributed by atoms with Gasteiger partial charge >= 0.3 is 5.97 Å². The summed E-state index contributed by atoms with van der Waals surface area (Å²) in [5.74, 6) is -0.747. The minimum absolute atomic E-state index is 0.0567. The van der Waals surface area contributed by atoms with Gasteiger partial charge in [0.2, 0.25) is 0 Å². The van der Waals surface area contributed by atoms with Gasteiger partial charge in [-0.25, -0.2) is 4.68 Å². The molecule has 0 saturated heterocycles. The minimum atomic E-state index is -0.893. The van der Waals surface area contributed by atoms with Crippen molar-refractivity contribution in [1.82, 2.24) is 9.78 Å². The van der Waals surface area contributed by atoms with E-state index < -0.39 is 5.97 Å². The smallest absolute Gasteiger partial charge is 0.307 e. The first-order valence-electron chi connectivity index (χ1n) is 4.70. The van der Waals surface area contributed by atoms with E-state index in [1.54, 1.807) is 30.5 Å². The molecular formula is C11H10N2O3. The van der Waals surface area contributed by atoms with E-state index in [4.69, 9.17) is 5.11 Å². The Morgan fingerprint density at radius 1 is 1.44 bits per heavy atom. The average Bonchev–Trinajstić information content (AvgIpc) is 2.65. The molecule has 0 aliphatic heterocycles. The molecule has 1 aromatic carbocycles. The quantitative estimate of drug-likeness (QED) is 0.811. The van der Waals surface area contributed by atoms with Crippen molar-refractivity contribution in [1.29, 1.82) is 0 Å². The Kier molecular flexibility index (Phi) is 2.59. The Hall–Kier alpha value is -2.30. The molecule has 1 aromatic heterocycles. The standard InChI is InChI=1S/C11H10N2O3/c14-10-3-1-2-9(5-10)13-7-8(6-12-13)4-11(15)16/h1-3,5-7,14H,4H2,(H,15,16). The van der Waals surface area contributed by atoms with Crippen LogP contribution in [0, 0.1) is 0 Å². The van der Waals surface area contributed by atoms with Gasteiger partial charge in [0.05, 0.1) is 18.3 Å². The molecular weight excluding hydrogens is 208 g/mol. The number of carboxylic acid groups (broad SMARTS) is 1. The van der Waals surface area contributed by atoms with Crippen LogP contribution in [0.5, 0.6) is 5.75 Å². The summed E-state index contributed by atoms with van der Waals surface area (Å²) in [5, 5.41) is 21.9. The van der Waals surface area contributed by atoms with E-state index in [2.05, 4.69) is 5.10 Å². The Morgan fingerprint density at radius 3 is 2.94 bits per heavy atom. The third-order valence-corrected chi connectivity index (χ3v) is 2.09. The Morgan fingerprint density at radius 2 is 2.25 bits per heavy atom. The highest BCUT2D eigenvalue weighted by Crippen LogP contribution is 2.15. The van der Waals surface area contributed by atoms with Crippen molar-refractivity contribution in [2.75, 3.05) is 0 Å². The zero-order valence-corrected chi connectivity index (χ0v) is 8.37. The summed E-state index contributed by atoms with van der Waals surface area (Å²) in [5.41, 5.74) is 1.31. The van der Waals surface area contributed by atoms with Crippen molar-refractivity contribution in [3.05, 3.63) is 42.2 Å². The highest BCUT2D eigenvalue weighted by atomic mass is 16.4. The number of aromatic nitrogens is 2. The molecule has 0 saturated carbocycles. The summed E-state index contributed by atoms with van der Waals surface area (Å²) in [6.07, 6.45) is 3.07. The number of hydrogen-bond acceptors (Lipinski definition) is 3. The minimum Gasteiger partial charge on any atom is -0.508 e. The lowest BCUT2D eigenvalue weighted by molar-refractivity contribution is -0.136. The van der Waals surface area contributed by atoms with E-state index in [-0.39, 0.29) is 12.2 Å². The van der Waals surface area contributed by atoms with Crippen LogP contribution in [0.4, 0.5) is 0 Å². The molecule has 2 aromatic rings. The zero-order valence-electron chi connectivity index (χ0n) is 8.37. The maximum Gasteiger partial charge on any atom is 0.307 e. The molecule has 1 heterocycles. The number of benzene rings is 1. The molecule has 2 rings (SSSR count). The molecule has 5 heteroatoms. The Labute approximate surface area is 91.6 Å². The van der Waals surface area contributed by atoms with Crippen molar-refractivity contribution in [3.63, 3.8) is 0 Å². The summed E-state index contributed by atoms with van der Waals surface area (Å²) in [4.78, 5) is 10.5. The van der Waals surface area contributed by atoms with Gasteiger partial charge in [0, 0.05) is 17.8 Å². The molecule has 0 aliphatic rings. The first-order valence-corrected chi connectivity index (χ1v) is 4.70. The van der Waals surface area contributed by atoms with Gasteiger partial charge in [-0.2, -0.15) is 5.10 Å². The molecule has 16 heavy (non-hydrogen) atoms. The third kappa shape index (κ3) is 2.20. The topological polar surface area (TPSA) is 75.3 Å². The van der Waals surface area contributed by atoms with Gasteiger partial charge in [-0.15, -0.1) is 0 Å². The maximum atomic E-state index is 10.5. The van der Waals surface area contributed by atoms with Crippen LogP contribution >= 0.6 is 0 Å². The molecule has 0 fully saturated rings. The van der Waals surface area contributed by atoms with Gasteiger partial charge in [0.15, 0.2) is 0 Å². The Bertz CT molecular complexity index is 519. The van der Waals surface area contributed by atoms with Crippen LogP contribution in [0.15, 0.2) is 36.7 Å². The second kappa shape index (κ2) is 4.06. The number of hydrogen-bond donors (Lipinski definition) is 2. The van der Waals surface area contributed by atoms with Gasteiger partial charge in [-0.05, 0) is 12.1 Å². The number of aliphatic carboxylic acids is 1. The number of carboxylic acids is 1. The zero-order chi connectivity index (χ0) is 11.5. The fourth-order valence-electron chi connectivity index (χ4n) is 1.40. The summed E-state index contributed by atoms with van der Waals surface area (Å²) >= 11 is 0. The molecule has 0 spiro atoms. The van der Waals surface area contributed by atoms with E-state index in [1.807, 2.05) is 0 Å². The van der Waals surface area contributed by atoms with Crippen molar-refractivity contribution >= 4 is 5.97 Å². The lowest BCUT2D eigenvalue weighted by atomic mass is 10.2. The Balaban J connectivity index is 2.28. The number of aromatic hydroxyl groups is 1. The van der Waals surface area contributed by atoms with E-state index in [9.17, 15) is 9.90 Å². The van der Waals surface area contributed by atoms with E-state index >= 15 is 0 Å². The molecule has 0 atom stereocenters. The van der Waals surface area contributed by atoms with E-state index in [0.29, 0.717) is 11.3 Å². The summed E-state index contributed by atoms with van der Waals surface area (Å²) < 4.78 is 1.53. The molecule has 0 bridgehead atoms. The first-order chi connectivity index (χ1) is 7.65.